The topological polar surface area (TPSA) is 64.3 Å². The van der Waals surface area contributed by atoms with Crippen molar-refractivity contribution >= 4 is 5.91 Å². The minimum atomic E-state index is -0.659. The van der Waals surface area contributed by atoms with Crippen molar-refractivity contribution in [2.24, 2.45) is 5.73 Å². The van der Waals surface area contributed by atoms with E-state index >= 15 is 0 Å². The third kappa shape index (κ3) is 5.01. The molecule has 0 saturated carbocycles. The average Bonchev–Trinajstić information content (AvgIpc) is 2.45. The number of carbonyl (C=O) groups excluding carboxylic acids is 1. The molecule has 0 radical (unpaired) electrons. The van der Waals surface area contributed by atoms with Gasteiger partial charge in [-0.15, -0.1) is 0 Å². The monoisotopic (exact) mass is 296 g/mol. The number of hydrogen-bond acceptors (Lipinski definition) is 3. The lowest BCUT2D eigenvalue weighted by atomic mass is 10.1. The Balaban J connectivity index is 2.78. The molecule has 0 spiro atoms. The average molecular weight is 296 g/mol. The van der Waals surface area contributed by atoms with Gasteiger partial charge in [-0.2, -0.15) is 0 Å². The summed E-state index contributed by atoms with van der Waals surface area (Å²) in [6, 6.07) is 3.92. The molecule has 1 aromatic carbocycles. The van der Waals surface area contributed by atoms with Crippen LogP contribution in [0.5, 0.6) is 5.75 Å². The third-order valence-corrected chi connectivity index (χ3v) is 3.47. The highest BCUT2D eigenvalue weighted by Gasteiger charge is 2.19. The van der Waals surface area contributed by atoms with Crippen LogP contribution in [0.25, 0.3) is 0 Å². The summed E-state index contributed by atoms with van der Waals surface area (Å²) in [6.45, 7) is 7.46. The molecule has 0 aromatic heterocycles. The summed E-state index contributed by atoms with van der Waals surface area (Å²) in [5.74, 6) is -0.106. The van der Waals surface area contributed by atoms with E-state index in [0.29, 0.717) is 11.3 Å². The van der Waals surface area contributed by atoms with Gasteiger partial charge in [0.25, 0.3) is 5.91 Å². The number of amides is 1. The molecule has 0 aliphatic heterocycles. The smallest absolute Gasteiger partial charge is 0.260 e. The molecule has 2 atom stereocenters. The summed E-state index contributed by atoms with van der Waals surface area (Å²) in [7, 11) is 0. The summed E-state index contributed by atoms with van der Waals surface area (Å²) >= 11 is 0. The van der Waals surface area contributed by atoms with E-state index in [9.17, 15) is 9.18 Å². The van der Waals surface area contributed by atoms with Gasteiger partial charge in [0.15, 0.2) is 6.10 Å². The molecule has 0 saturated heterocycles. The fraction of sp³-hybridized carbons (Fsp3) is 0.562. The molecule has 1 rings (SSSR count). The van der Waals surface area contributed by atoms with Gasteiger partial charge in [-0.3, -0.25) is 4.79 Å². The van der Waals surface area contributed by atoms with Gasteiger partial charge in [-0.25, -0.2) is 4.39 Å². The Morgan fingerprint density at radius 3 is 2.48 bits per heavy atom. The first-order valence-corrected chi connectivity index (χ1v) is 7.41. The molecule has 21 heavy (non-hydrogen) atoms. The molecule has 0 fully saturated rings. The maximum atomic E-state index is 13.3. The van der Waals surface area contributed by atoms with Crippen LogP contribution < -0.4 is 15.8 Å². The highest BCUT2D eigenvalue weighted by molar-refractivity contribution is 5.81. The second-order valence-electron chi connectivity index (χ2n) is 5.25. The van der Waals surface area contributed by atoms with Crippen LogP contribution in [0.1, 0.15) is 52.1 Å². The van der Waals surface area contributed by atoms with Crippen molar-refractivity contribution < 1.29 is 13.9 Å². The summed E-state index contributed by atoms with van der Waals surface area (Å²) in [6.07, 6.45) is 1.08. The lowest BCUT2D eigenvalue weighted by Gasteiger charge is -2.21. The summed E-state index contributed by atoms with van der Waals surface area (Å²) in [5.41, 5.74) is 6.36. The summed E-state index contributed by atoms with van der Waals surface area (Å²) in [4.78, 5) is 12.1. The Morgan fingerprint density at radius 1 is 1.33 bits per heavy atom. The molecule has 0 aliphatic rings. The minimum Gasteiger partial charge on any atom is -0.481 e. The van der Waals surface area contributed by atoms with Crippen molar-refractivity contribution in [2.45, 2.75) is 58.7 Å². The van der Waals surface area contributed by atoms with Crippen LogP contribution in [0.4, 0.5) is 4.39 Å². The van der Waals surface area contributed by atoms with E-state index in [1.54, 1.807) is 13.8 Å². The Bertz CT molecular complexity index is 473. The van der Waals surface area contributed by atoms with Crippen LogP contribution in [0.15, 0.2) is 18.2 Å². The van der Waals surface area contributed by atoms with Gasteiger partial charge in [-0.1, -0.05) is 13.8 Å². The molecule has 118 valence electrons. The van der Waals surface area contributed by atoms with Crippen molar-refractivity contribution in [3.63, 3.8) is 0 Å². The quantitative estimate of drug-likeness (QED) is 0.813. The zero-order chi connectivity index (χ0) is 16.0. The zero-order valence-electron chi connectivity index (χ0n) is 13.2. The van der Waals surface area contributed by atoms with Crippen molar-refractivity contribution in [1.82, 2.24) is 5.32 Å². The van der Waals surface area contributed by atoms with Gasteiger partial charge in [0.2, 0.25) is 0 Å². The highest BCUT2D eigenvalue weighted by atomic mass is 19.1. The maximum absolute atomic E-state index is 13.3. The number of ether oxygens (including phenoxy) is 1. The number of hydrogen-bond donors (Lipinski definition) is 2. The molecule has 5 heteroatoms. The van der Waals surface area contributed by atoms with Crippen LogP contribution in [0.3, 0.4) is 0 Å². The van der Waals surface area contributed by atoms with E-state index in [0.717, 1.165) is 12.8 Å². The number of benzene rings is 1. The summed E-state index contributed by atoms with van der Waals surface area (Å²) in [5, 5.41) is 2.93. The van der Waals surface area contributed by atoms with Crippen LogP contribution in [-0.4, -0.2) is 18.1 Å². The predicted octanol–water partition coefficient (Wildman–Crippen LogP) is 2.92. The first kappa shape index (κ1) is 17.4. The number of nitrogens with one attached hydrogen (secondary N) is 1. The van der Waals surface area contributed by atoms with E-state index in [-0.39, 0.29) is 23.8 Å². The van der Waals surface area contributed by atoms with Crippen molar-refractivity contribution in [3.05, 3.63) is 29.6 Å². The Hall–Kier alpha value is -1.62. The van der Waals surface area contributed by atoms with Gasteiger partial charge in [0, 0.05) is 17.6 Å². The standard InChI is InChI=1S/C16H25FN2O2/c1-5-13(6-2)19-16(20)11(4)21-15-8-7-12(17)9-14(15)10(3)18/h7-11,13H,5-6,18H2,1-4H3,(H,19,20)/t10-,11?/m0/s1. The van der Waals surface area contributed by atoms with Crippen molar-refractivity contribution in [2.75, 3.05) is 0 Å². The lowest BCUT2D eigenvalue weighted by molar-refractivity contribution is -0.128. The van der Waals surface area contributed by atoms with E-state index in [1.807, 2.05) is 13.8 Å². The predicted molar refractivity (Wildman–Crippen MR) is 81.6 cm³/mol. The van der Waals surface area contributed by atoms with Crippen LogP contribution in [0, 0.1) is 5.82 Å². The Kier molecular flexibility index (Phi) is 6.62. The molecule has 1 aromatic rings. The van der Waals surface area contributed by atoms with Gasteiger partial charge < -0.3 is 15.8 Å². The van der Waals surface area contributed by atoms with E-state index in [2.05, 4.69) is 5.32 Å². The normalized spacial score (nSPS) is 13.9. The number of rotatable bonds is 7. The molecule has 1 amide bonds. The first-order chi connectivity index (χ1) is 9.88. The third-order valence-electron chi connectivity index (χ3n) is 3.47. The maximum Gasteiger partial charge on any atom is 0.260 e. The van der Waals surface area contributed by atoms with Gasteiger partial charge in [-0.05, 0) is 44.9 Å². The second kappa shape index (κ2) is 7.98. The minimum absolute atomic E-state index is 0.143. The Morgan fingerprint density at radius 2 is 1.95 bits per heavy atom. The van der Waals surface area contributed by atoms with Crippen LogP contribution in [-0.2, 0) is 4.79 Å². The van der Waals surface area contributed by atoms with E-state index in [4.69, 9.17) is 10.5 Å². The molecule has 0 heterocycles. The van der Waals surface area contributed by atoms with E-state index in [1.165, 1.54) is 18.2 Å². The number of nitrogens with two attached hydrogens (primary N) is 1. The van der Waals surface area contributed by atoms with Crippen molar-refractivity contribution in [3.8, 4) is 5.75 Å². The second-order valence-corrected chi connectivity index (χ2v) is 5.25. The zero-order valence-corrected chi connectivity index (χ0v) is 13.2. The summed E-state index contributed by atoms with van der Waals surface area (Å²) < 4.78 is 18.9. The largest absolute Gasteiger partial charge is 0.481 e. The SMILES string of the molecule is CCC(CC)NC(=O)C(C)Oc1ccc(F)cc1[C@H](C)N. The fourth-order valence-corrected chi connectivity index (χ4v) is 2.04. The molecule has 1 unspecified atom stereocenters. The van der Waals surface area contributed by atoms with Crippen LogP contribution in [0.2, 0.25) is 0 Å². The van der Waals surface area contributed by atoms with Crippen molar-refractivity contribution in [1.29, 1.82) is 0 Å². The van der Waals surface area contributed by atoms with Crippen LogP contribution >= 0.6 is 0 Å². The lowest BCUT2D eigenvalue weighted by Crippen LogP contribution is -2.42. The first-order valence-electron chi connectivity index (χ1n) is 7.41. The molecular weight excluding hydrogens is 271 g/mol. The number of carbonyl (C=O) groups is 1. The molecule has 0 bridgehead atoms. The molecule has 4 nitrogen and oxygen atoms in total. The fourth-order valence-electron chi connectivity index (χ4n) is 2.04. The van der Waals surface area contributed by atoms with Gasteiger partial charge in [0.1, 0.15) is 11.6 Å². The van der Waals surface area contributed by atoms with Gasteiger partial charge >= 0.3 is 0 Å². The molecular formula is C16H25FN2O2. The highest BCUT2D eigenvalue weighted by Crippen LogP contribution is 2.25. The van der Waals surface area contributed by atoms with E-state index < -0.39 is 6.10 Å². The Labute approximate surface area is 125 Å². The molecule has 0 aliphatic carbocycles. The number of halogens is 1. The molecule has 3 N–H and O–H groups in total. The van der Waals surface area contributed by atoms with Gasteiger partial charge in [0.05, 0.1) is 0 Å².